The summed E-state index contributed by atoms with van der Waals surface area (Å²) in [5.41, 5.74) is 13.8. The average Bonchev–Trinajstić information content (AvgIpc) is 3.20. The van der Waals surface area contributed by atoms with Crippen molar-refractivity contribution in [2.45, 2.75) is 19.3 Å². The molecule has 0 unspecified atom stereocenters. The van der Waals surface area contributed by atoms with Gasteiger partial charge in [0.05, 0.1) is 5.52 Å². The first-order chi connectivity index (χ1) is 18.1. The number of hydrogen-bond acceptors (Lipinski definition) is 1. The van der Waals surface area contributed by atoms with Gasteiger partial charge in [-0.1, -0.05) is 98.8 Å². The zero-order valence-corrected chi connectivity index (χ0v) is 21.1. The van der Waals surface area contributed by atoms with Crippen molar-refractivity contribution in [1.29, 1.82) is 0 Å². The second kappa shape index (κ2) is 8.28. The molecular weight excluding hydrogens is 446 g/mol. The minimum Gasteiger partial charge on any atom is -0.256 e. The van der Waals surface area contributed by atoms with Crippen molar-refractivity contribution in [2.75, 3.05) is 0 Å². The predicted molar refractivity (Wildman–Crippen MR) is 156 cm³/mol. The monoisotopic (exact) mass is 473 g/mol. The van der Waals surface area contributed by atoms with Gasteiger partial charge in [0.1, 0.15) is 0 Å². The third-order valence-electron chi connectivity index (χ3n) is 7.87. The van der Waals surface area contributed by atoms with Crippen LogP contribution in [-0.4, -0.2) is 4.98 Å². The molecule has 0 bridgehead atoms. The van der Waals surface area contributed by atoms with E-state index in [1.165, 1.54) is 61.0 Å². The second-order valence-corrected chi connectivity index (χ2v) is 10.5. The molecule has 1 nitrogen and oxygen atoms in total. The number of pyridine rings is 1. The Morgan fingerprint density at radius 1 is 0.486 bits per heavy atom. The Labute approximate surface area is 218 Å². The van der Waals surface area contributed by atoms with Gasteiger partial charge in [0.25, 0.3) is 0 Å². The van der Waals surface area contributed by atoms with E-state index in [0.717, 1.165) is 5.52 Å². The number of hydrogen-bond donors (Lipinski definition) is 0. The van der Waals surface area contributed by atoms with Crippen LogP contribution in [0.2, 0.25) is 0 Å². The molecule has 0 saturated heterocycles. The summed E-state index contributed by atoms with van der Waals surface area (Å²) in [7, 11) is 0. The van der Waals surface area contributed by atoms with E-state index < -0.39 is 0 Å². The molecule has 1 aliphatic carbocycles. The summed E-state index contributed by atoms with van der Waals surface area (Å²) in [4.78, 5) is 4.63. The molecule has 176 valence electrons. The van der Waals surface area contributed by atoms with Gasteiger partial charge in [-0.2, -0.15) is 0 Å². The highest BCUT2D eigenvalue weighted by atomic mass is 14.6. The van der Waals surface area contributed by atoms with Gasteiger partial charge in [-0.3, -0.25) is 4.98 Å². The van der Waals surface area contributed by atoms with Gasteiger partial charge in [-0.15, -0.1) is 0 Å². The first-order valence-electron chi connectivity index (χ1n) is 12.9. The minimum atomic E-state index is -0.109. The molecule has 37 heavy (non-hydrogen) atoms. The smallest absolute Gasteiger partial charge is 0.0705 e. The summed E-state index contributed by atoms with van der Waals surface area (Å²) in [6, 6.07) is 44.0. The van der Waals surface area contributed by atoms with Gasteiger partial charge in [0.2, 0.25) is 0 Å². The molecule has 0 amide bonds. The van der Waals surface area contributed by atoms with E-state index in [-0.39, 0.29) is 5.41 Å². The number of rotatable bonds is 3. The molecule has 5 aromatic carbocycles. The van der Waals surface area contributed by atoms with Crippen LogP contribution in [0.15, 0.2) is 128 Å². The molecule has 7 rings (SSSR count). The Morgan fingerprint density at radius 3 is 1.73 bits per heavy atom. The van der Waals surface area contributed by atoms with Gasteiger partial charge in [-0.25, -0.2) is 0 Å². The van der Waals surface area contributed by atoms with E-state index in [9.17, 15) is 0 Å². The summed E-state index contributed by atoms with van der Waals surface area (Å²) in [5, 5.41) is 1.25. The van der Waals surface area contributed by atoms with Gasteiger partial charge < -0.3 is 0 Å². The van der Waals surface area contributed by atoms with Crippen molar-refractivity contribution >= 4 is 10.9 Å². The number of fused-ring (bicyclic) bond motifs is 5. The Balaban J connectivity index is 1.42. The lowest BCUT2D eigenvalue weighted by molar-refractivity contribution is 0.666. The van der Waals surface area contributed by atoms with E-state index in [1.54, 1.807) is 0 Å². The molecule has 1 aliphatic rings. The topological polar surface area (TPSA) is 12.9 Å². The van der Waals surface area contributed by atoms with Crippen LogP contribution >= 0.6 is 0 Å². The molecule has 1 aromatic heterocycles. The first kappa shape index (κ1) is 21.8. The highest BCUT2D eigenvalue weighted by molar-refractivity contribution is 5.96. The first-order valence-corrected chi connectivity index (χ1v) is 12.9. The molecule has 0 fully saturated rings. The maximum absolute atomic E-state index is 4.63. The van der Waals surface area contributed by atoms with E-state index in [0.29, 0.717) is 0 Å². The molecule has 0 saturated carbocycles. The third kappa shape index (κ3) is 3.50. The lowest BCUT2D eigenvalue weighted by Gasteiger charge is -2.23. The van der Waals surface area contributed by atoms with Crippen molar-refractivity contribution in [3.63, 3.8) is 0 Å². The number of aromatic nitrogens is 1. The molecule has 1 heterocycles. The Kier molecular flexibility index (Phi) is 4.87. The predicted octanol–water partition coefficient (Wildman–Crippen LogP) is 9.54. The second-order valence-electron chi connectivity index (χ2n) is 10.5. The van der Waals surface area contributed by atoms with Gasteiger partial charge in [0, 0.05) is 17.0 Å². The van der Waals surface area contributed by atoms with Gasteiger partial charge in [0.15, 0.2) is 0 Å². The standard InChI is InChI=1S/C36H27N/c1-36(2)33-23-26(15-16-30(33)31-17-18-34-32(35(31)36)14-9-19-37-34)29-21-27(24-10-5-3-6-11-24)20-28(22-29)25-12-7-4-8-13-25/h3-23H,1-2H3. The van der Waals surface area contributed by atoms with Gasteiger partial charge in [-0.05, 0) is 92.0 Å². The maximum Gasteiger partial charge on any atom is 0.0705 e. The Morgan fingerprint density at radius 2 is 1.08 bits per heavy atom. The zero-order valence-electron chi connectivity index (χ0n) is 21.1. The van der Waals surface area contributed by atoms with Crippen LogP contribution in [0.1, 0.15) is 25.0 Å². The van der Waals surface area contributed by atoms with Crippen LogP contribution in [0.5, 0.6) is 0 Å². The van der Waals surface area contributed by atoms with Gasteiger partial charge >= 0.3 is 0 Å². The molecular formula is C36H27N. The van der Waals surface area contributed by atoms with Crippen molar-refractivity contribution in [3.8, 4) is 44.5 Å². The number of benzene rings is 5. The fourth-order valence-corrected chi connectivity index (χ4v) is 6.05. The molecule has 0 aliphatic heterocycles. The largest absolute Gasteiger partial charge is 0.256 e. The summed E-state index contributed by atoms with van der Waals surface area (Å²) < 4.78 is 0. The van der Waals surface area contributed by atoms with Crippen LogP contribution < -0.4 is 0 Å². The average molecular weight is 474 g/mol. The molecule has 0 N–H and O–H groups in total. The molecule has 0 radical (unpaired) electrons. The Hall–Kier alpha value is -4.49. The van der Waals surface area contributed by atoms with Crippen LogP contribution in [-0.2, 0) is 5.41 Å². The quantitative estimate of drug-likeness (QED) is 0.249. The minimum absolute atomic E-state index is 0.109. The summed E-state index contributed by atoms with van der Waals surface area (Å²) in [6.45, 7) is 4.70. The third-order valence-corrected chi connectivity index (χ3v) is 7.87. The fraction of sp³-hybridized carbons (Fsp3) is 0.0833. The summed E-state index contributed by atoms with van der Waals surface area (Å²) in [6.07, 6.45) is 1.88. The van der Waals surface area contributed by atoms with Crippen molar-refractivity contribution in [1.82, 2.24) is 4.98 Å². The number of nitrogens with zero attached hydrogens (tertiary/aromatic N) is 1. The van der Waals surface area contributed by atoms with Crippen molar-refractivity contribution in [2.24, 2.45) is 0 Å². The van der Waals surface area contributed by atoms with Crippen LogP contribution in [0, 0.1) is 0 Å². The maximum atomic E-state index is 4.63. The zero-order chi connectivity index (χ0) is 25.0. The highest BCUT2D eigenvalue weighted by Crippen LogP contribution is 2.52. The Bertz CT molecular complexity index is 1720. The van der Waals surface area contributed by atoms with Crippen LogP contribution in [0.25, 0.3) is 55.4 Å². The van der Waals surface area contributed by atoms with Crippen molar-refractivity contribution in [3.05, 3.63) is 139 Å². The molecule has 1 heteroatoms. The lowest BCUT2D eigenvalue weighted by Crippen LogP contribution is -2.15. The SMILES string of the molecule is CC1(C)c2cc(-c3cc(-c4ccccc4)cc(-c4ccccc4)c3)ccc2-c2ccc3ncccc3c21. The summed E-state index contributed by atoms with van der Waals surface area (Å²) >= 11 is 0. The lowest BCUT2D eigenvalue weighted by atomic mass is 9.80. The van der Waals surface area contributed by atoms with E-state index in [4.69, 9.17) is 0 Å². The highest BCUT2D eigenvalue weighted by Gasteiger charge is 2.37. The van der Waals surface area contributed by atoms with E-state index in [2.05, 4.69) is 134 Å². The molecule has 0 atom stereocenters. The fourth-order valence-electron chi connectivity index (χ4n) is 6.05. The molecule has 6 aromatic rings. The van der Waals surface area contributed by atoms with E-state index >= 15 is 0 Å². The van der Waals surface area contributed by atoms with Crippen LogP contribution in [0.3, 0.4) is 0 Å². The van der Waals surface area contributed by atoms with Crippen LogP contribution in [0.4, 0.5) is 0 Å². The summed E-state index contributed by atoms with van der Waals surface area (Å²) in [5.74, 6) is 0. The van der Waals surface area contributed by atoms with Crippen molar-refractivity contribution < 1.29 is 0 Å². The normalized spacial score (nSPS) is 13.4. The molecule has 0 spiro atoms. The van der Waals surface area contributed by atoms with E-state index in [1.807, 2.05) is 12.3 Å².